The van der Waals surface area contributed by atoms with E-state index in [1.807, 2.05) is 6.92 Å². The van der Waals surface area contributed by atoms with Gasteiger partial charge in [0.2, 0.25) is 0 Å². The second kappa shape index (κ2) is 8.45. The molecule has 0 radical (unpaired) electrons. The molecule has 6 nitrogen and oxygen atoms in total. The molecular formula is C18H16Cl2FN3O3. The molecule has 0 bridgehead atoms. The van der Waals surface area contributed by atoms with Crippen molar-refractivity contribution in [3.8, 4) is 5.75 Å². The number of nitrogens with one attached hydrogen (secondary N) is 1. The minimum atomic E-state index is -0.451. The number of hydrogen-bond donors (Lipinski definition) is 1. The van der Waals surface area contributed by atoms with Gasteiger partial charge in [-0.25, -0.2) is 4.39 Å². The van der Waals surface area contributed by atoms with E-state index in [2.05, 4.69) is 10.4 Å². The molecule has 2 heterocycles. The molecule has 27 heavy (non-hydrogen) atoms. The number of amides is 1. The van der Waals surface area contributed by atoms with E-state index >= 15 is 0 Å². The first-order valence-electron chi connectivity index (χ1n) is 8.13. The first kappa shape index (κ1) is 19.3. The number of aromatic nitrogens is 2. The van der Waals surface area contributed by atoms with Gasteiger partial charge >= 0.3 is 0 Å². The predicted molar refractivity (Wildman–Crippen MR) is 98.5 cm³/mol. The van der Waals surface area contributed by atoms with Gasteiger partial charge in [0.15, 0.2) is 5.76 Å². The van der Waals surface area contributed by atoms with Crippen LogP contribution in [0, 0.1) is 5.82 Å². The zero-order valence-corrected chi connectivity index (χ0v) is 15.9. The fraction of sp³-hybridized carbons (Fsp3) is 0.222. The SMILES string of the molecule is CCn1cc(Cl)c(CNC(=O)c2ccc(COc3ccc(F)cc3Cl)o2)n1. The van der Waals surface area contributed by atoms with Crippen molar-refractivity contribution in [1.29, 1.82) is 0 Å². The highest BCUT2D eigenvalue weighted by Crippen LogP contribution is 2.26. The average molecular weight is 412 g/mol. The van der Waals surface area contributed by atoms with Gasteiger partial charge in [0.25, 0.3) is 5.91 Å². The molecule has 3 aromatic rings. The first-order chi connectivity index (χ1) is 13.0. The second-order valence-corrected chi connectivity index (χ2v) is 6.41. The summed E-state index contributed by atoms with van der Waals surface area (Å²) in [6.45, 7) is 2.86. The number of nitrogens with zero attached hydrogens (tertiary/aromatic N) is 2. The Labute approximate surface area is 164 Å². The molecule has 9 heteroatoms. The Hall–Kier alpha value is -2.51. The number of carbonyl (C=O) groups excluding carboxylic acids is 1. The Balaban J connectivity index is 1.56. The lowest BCUT2D eigenvalue weighted by atomic mass is 10.3. The fourth-order valence-electron chi connectivity index (χ4n) is 2.29. The highest BCUT2D eigenvalue weighted by Gasteiger charge is 2.14. The molecule has 0 unspecified atom stereocenters. The summed E-state index contributed by atoms with van der Waals surface area (Å²) in [5, 5.41) is 7.60. The van der Waals surface area contributed by atoms with E-state index in [1.54, 1.807) is 16.9 Å². The van der Waals surface area contributed by atoms with Gasteiger partial charge in [-0.1, -0.05) is 23.2 Å². The molecule has 0 atom stereocenters. The Morgan fingerprint density at radius 2 is 2.11 bits per heavy atom. The third-order valence-electron chi connectivity index (χ3n) is 3.68. The molecule has 0 saturated carbocycles. The number of hydrogen-bond acceptors (Lipinski definition) is 4. The van der Waals surface area contributed by atoms with Crippen LogP contribution < -0.4 is 10.1 Å². The summed E-state index contributed by atoms with van der Waals surface area (Å²) in [5.41, 5.74) is 0.577. The van der Waals surface area contributed by atoms with Crippen molar-refractivity contribution in [1.82, 2.24) is 15.1 Å². The second-order valence-electron chi connectivity index (χ2n) is 5.59. The lowest BCUT2D eigenvalue weighted by molar-refractivity contribution is 0.0918. The first-order valence-corrected chi connectivity index (χ1v) is 8.88. The maximum Gasteiger partial charge on any atom is 0.287 e. The fourth-order valence-corrected chi connectivity index (χ4v) is 2.73. The van der Waals surface area contributed by atoms with Gasteiger partial charge < -0.3 is 14.5 Å². The standard InChI is InChI=1S/C18H16Cl2FN3O3/c1-2-24-9-14(20)15(23-24)8-22-18(25)17-6-4-12(27-17)10-26-16-5-3-11(21)7-13(16)19/h3-7,9H,2,8,10H2,1H3,(H,22,25). The quantitative estimate of drug-likeness (QED) is 0.623. The molecule has 0 aliphatic carbocycles. The zero-order chi connectivity index (χ0) is 19.4. The van der Waals surface area contributed by atoms with E-state index in [-0.39, 0.29) is 23.9 Å². The van der Waals surface area contributed by atoms with Crippen LogP contribution >= 0.6 is 23.2 Å². The predicted octanol–water partition coefficient (Wildman–Crippen LogP) is 4.45. The van der Waals surface area contributed by atoms with Crippen LogP contribution in [0.25, 0.3) is 0 Å². The smallest absolute Gasteiger partial charge is 0.287 e. The van der Waals surface area contributed by atoms with E-state index in [1.165, 1.54) is 18.2 Å². The molecule has 142 valence electrons. The van der Waals surface area contributed by atoms with Crippen molar-refractivity contribution in [2.45, 2.75) is 26.6 Å². The summed E-state index contributed by atoms with van der Waals surface area (Å²) in [7, 11) is 0. The van der Waals surface area contributed by atoms with Crippen molar-refractivity contribution >= 4 is 29.1 Å². The lowest BCUT2D eigenvalue weighted by Gasteiger charge is -2.06. The largest absolute Gasteiger partial charge is 0.484 e. The van der Waals surface area contributed by atoms with Gasteiger partial charge in [0, 0.05) is 12.7 Å². The Kier molecular flexibility index (Phi) is 6.03. The van der Waals surface area contributed by atoms with Crippen molar-refractivity contribution in [2.24, 2.45) is 0 Å². The highest BCUT2D eigenvalue weighted by molar-refractivity contribution is 6.32. The summed E-state index contributed by atoms with van der Waals surface area (Å²) in [5.74, 6) is 0.0247. The van der Waals surface area contributed by atoms with Crippen molar-refractivity contribution in [3.63, 3.8) is 0 Å². The summed E-state index contributed by atoms with van der Waals surface area (Å²) < 4.78 is 25.7. The van der Waals surface area contributed by atoms with Gasteiger partial charge in [0.05, 0.1) is 16.6 Å². The molecule has 0 aliphatic heterocycles. The number of rotatable bonds is 7. The molecule has 3 rings (SSSR count). The molecule has 0 aliphatic rings. The van der Waals surface area contributed by atoms with Crippen LogP contribution in [-0.4, -0.2) is 15.7 Å². The van der Waals surface area contributed by atoms with Gasteiger partial charge in [-0.05, 0) is 37.3 Å². The number of halogens is 3. The minimum Gasteiger partial charge on any atom is -0.484 e. The number of ether oxygens (including phenoxy) is 1. The topological polar surface area (TPSA) is 69.3 Å². The van der Waals surface area contributed by atoms with Crippen molar-refractivity contribution in [3.05, 3.63) is 69.6 Å². The normalized spacial score (nSPS) is 10.8. The Bertz CT molecular complexity index is 955. The monoisotopic (exact) mass is 411 g/mol. The van der Waals surface area contributed by atoms with Gasteiger partial charge in [-0.15, -0.1) is 0 Å². The zero-order valence-electron chi connectivity index (χ0n) is 14.3. The van der Waals surface area contributed by atoms with Crippen LogP contribution in [0.5, 0.6) is 5.75 Å². The van der Waals surface area contributed by atoms with Gasteiger partial charge in [0.1, 0.15) is 29.6 Å². The molecule has 1 amide bonds. The summed E-state index contributed by atoms with van der Waals surface area (Å²) >= 11 is 12.0. The van der Waals surface area contributed by atoms with Gasteiger partial charge in [-0.2, -0.15) is 5.10 Å². The van der Waals surface area contributed by atoms with E-state index in [0.29, 0.717) is 28.8 Å². The van der Waals surface area contributed by atoms with Crippen LogP contribution in [0.2, 0.25) is 10.0 Å². The molecule has 1 N–H and O–H groups in total. The summed E-state index contributed by atoms with van der Waals surface area (Å²) in [4.78, 5) is 12.2. The molecule has 0 saturated heterocycles. The average Bonchev–Trinajstić information content (AvgIpc) is 3.25. The molecule has 1 aromatic carbocycles. The van der Waals surface area contributed by atoms with E-state index in [9.17, 15) is 9.18 Å². The Morgan fingerprint density at radius 1 is 1.30 bits per heavy atom. The number of furan rings is 1. The van der Waals surface area contributed by atoms with Crippen LogP contribution in [-0.2, 0) is 19.7 Å². The number of aryl methyl sites for hydroxylation is 1. The molecular weight excluding hydrogens is 396 g/mol. The minimum absolute atomic E-state index is 0.0470. The highest BCUT2D eigenvalue weighted by atomic mass is 35.5. The number of carbonyl (C=O) groups is 1. The van der Waals surface area contributed by atoms with E-state index in [4.69, 9.17) is 32.4 Å². The van der Waals surface area contributed by atoms with Crippen molar-refractivity contribution < 1.29 is 18.3 Å². The van der Waals surface area contributed by atoms with Crippen LogP contribution in [0.1, 0.15) is 28.9 Å². The summed E-state index contributed by atoms with van der Waals surface area (Å²) in [6, 6.07) is 6.97. The van der Waals surface area contributed by atoms with Crippen LogP contribution in [0.4, 0.5) is 4.39 Å². The van der Waals surface area contributed by atoms with E-state index < -0.39 is 11.7 Å². The number of benzene rings is 1. The van der Waals surface area contributed by atoms with Crippen molar-refractivity contribution in [2.75, 3.05) is 0 Å². The van der Waals surface area contributed by atoms with E-state index in [0.717, 1.165) is 6.07 Å². The van der Waals surface area contributed by atoms with Gasteiger partial charge in [-0.3, -0.25) is 9.48 Å². The van der Waals surface area contributed by atoms with Crippen LogP contribution in [0.3, 0.4) is 0 Å². The third kappa shape index (κ3) is 4.81. The maximum absolute atomic E-state index is 13.0. The Morgan fingerprint density at radius 3 is 2.81 bits per heavy atom. The third-order valence-corrected chi connectivity index (χ3v) is 4.29. The molecule has 0 fully saturated rings. The summed E-state index contributed by atoms with van der Waals surface area (Å²) in [6.07, 6.45) is 1.70. The maximum atomic E-state index is 13.0. The molecule has 0 spiro atoms. The van der Waals surface area contributed by atoms with Crippen LogP contribution in [0.15, 0.2) is 40.9 Å². The lowest BCUT2D eigenvalue weighted by Crippen LogP contribution is -2.22. The molecule has 2 aromatic heterocycles.